The second-order valence-corrected chi connectivity index (χ2v) is 14.3. The van der Waals surface area contributed by atoms with E-state index in [0.717, 1.165) is 22.0 Å². The highest BCUT2D eigenvalue weighted by atomic mass is 32.2. The van der Waals surface area contributed by atoms with Crippen LogP contribution in [0.2, 0.25) is 0 Å². The van der Waals surface area contributed by atoms with Gasteiger partial charge < -0.3 is 24.8 Å². The van der Waals surface area contributed by atoms with E-state index in [4.69, 9.17) is 9.47 Å². The quantitative estimate of drug-likeness (QED) is 0.195. The zero-order valence-corrected chi connectivity index (χ0v) is 27.7. The number of nitrogens with one attached hydrogen (secondary N) is 1. The predicted octanol–water partition coefficient (Wildman–Crippen LogP) is 1.28. The molecule has 258 valence electrons. The maximum atomic E-state index is 13.7. The standard InChI is InChI=1S/C32H45N5O9S/c1-24(2)19-36(47(43,44)28-10-8-26(9-11-28)37(41)42)20-30(38)29(18-25-6-4-3-5-7-25)33-31(39)21-35(27-12-15-46-23-27)22-32(40)34-13-16-45-17-14-34/h3-11,24,27,29-30,38H,12-23H2,1-2H3,(H,33,39)/t27-,29-,30+/m0/s1. The minimum absolute atomic E-state index is 0.0308. The van der Waals surface area contributed by atoms with Crippen molar-refractivity contribution >= 4 is 27.5 Å². The zero-order valence-electron chi connectivity index (χ0n) is 26.9. The summed E-state index contributed by atoms with van der Waals surface area (Å²) in [5.41, 5.74) is 0.587. The fourth-order valence-corrected chi connectivity index (χ4v) is 7.32. The average molecular weight is 676 g/mol. The summed E-state index contributed by atoms with van der Waals surface area (Å²) in [7, 11) is -4.16. The van der Waals surface area contributed by atoms with E-state index in [1.807, 2.05) is 44.2 Å². The number of aliphatic hydroxyl groups is 1. The fraction of sp³-hybridized carbons (Fsp3) is 0.562. The number of sulfonamides is 1. The minimum atomic E-state index is -4.16. The van der Waals surface area contributed by atoms with Crippen LogP contribution in [0.5, 0.6) is 0 Å². The molecule has 0 spiro atoms. The molecule has 47 heavy (non-hydrogen) atoms. The summed E-state index contributed by atoms with van der Waals surface area (Å²) >= 11 is 0. The average Bonchev–Trinajstić information content (AvgIpc) is 3.60. The van der Waals surface area contributed by atoms with Crippen molar-refractivity contribution in [3.8, 4) is 0 Å². The van der Waals surface area contributed by atoms with Crippen LogP contribution in [0, 0.1) is 16.0 Å². The number of nitro groups is 1. The summed E-state index contributed by atoms with van der Waals surface area (Å²) in [6.07, 6.45) is -0.422. The zero-order chi connectivity index (χ0) is 34.0. The lowest BCUT2D eigenvalue weighted by Gasteiger charge is -2.33. The van der Waals surface area contributed by atoms with Gasteiger partial charge in [0, 0.05) is 51.0 Å². The molecule has 0 aromatic heterocycles. The molecule has 2 aliphatic rings. The number of morpholine rings is 1. The van der Waals surface area contributed by atoms with Gasteiger partial charge in [0.25, 0.3) is 5.69 Å². The normalized spacial score (nSPS) is 18.4. The molecule has 0 radical (unpaired) electrons. The molecule has 14 nitrogen and oxygen atoms in total. The molecule has 2 amide bonds. The third kappa shape index (κ3) is 10.5. The number of aliphatic hydroxyl groups excluding tert-OH is 1. The first-order valence-corrected chi connectivity index (χ1v) is 17.3. The SMILES string of the molecule is CC(C)CN(C[C@@H](O)[C@H](Cc1ccccc1)NC(=O)CN(CC(=O)N1CCOCC1)[C@H]1CCOC1)S(=O)(=O)c1ccc([N+](=O)[O-])cc1. The van der Waals surface area contributed by atoms with Crippen LogP contribution in [0.25, 0.3) is 0 Å². The number of amides is 2. The van der Waals surface area contributed by atoms with Crippen LogP contribution < -0.4 is 5.32 Å². The van der Waals surface area contributed by atoms with E-state index in [2.05, 4.69) is 5.32 Å². The first-order valence-electron chi connectivity index (χ1n) is 15.9. The molecule has 15 heteroatoms. The lowest BCUT2D eigenvalue weighted by molar-refractivity contribution is -0.384. The molecule has 0 unspecified atom stereocenters. The maximum Gasteiger partial charge on any atom is 0.269 e. The second-order valence-electron chi connectivity index (χ2n) is 12.3. The summed E-state index contributed by atoms with van der Waals surface area (Å²) in [5, 5.41) is 25.6. The molecule has 2 saturated heterocycles. The Kier molecular flexibility index (Phi) is 13.2. The third-order valence-corrected chi connectivity index (χ3v) is 10.1. The van der Waals surface area contributed by atoms with Gasteiger partial charge in [-0.25, -0.2) is 8.42 Å². The van der Waals surface area contributed by atoms with E-state index in [-0.39, 0.29) is 61.0 Å². The van der Waals surface area contributed by atoms with Crippen LogP contribution in [-0.4, -0.2) is 128 Å². The van der Waals surface area contributed by atoms with E-state index in [9.17, 15) is 33.2 Å². The van der Waals surface area contributed by atoms with E-state index in [0.29, 0.717) is 45.9 Å². The topological polar surface area (TPSA) is 172 Å². The van der Waals surface area contributed by atoms with Gasteiger partial charge in [-0.15, -0.1) is 0 Å². The third-order valence-electron chi connectivity index (χ3n) is 8.22. The molecule has 2 heterocycles. The Morgan fingerprint density at radius 1 is 1.02 bits per heavy atom. The largest absolute Gasteiger partial charge is 0.390 e. The van der Waals surface area contributed by atoms with Crippen molar-refractivity contribution < 1.29 is 37.5 Å². The molecule has 4 rings (SSSR count). The summed E-state index contributed by atoms with van der Waals surface area (Å²) in [6.45, 7) is 6.16. The highest BCUT2D eigenvalue weighted by Crippen LogP contribution is 2.22. The molecular formula is C32H45N5O9S. The van der Waals surface area contributed by atoms with E-state index >= 15 is 0 Å². The van der Waals surface area contributed by atoms with Crippen molar-refractivity contribution in [2.24, 2.45) is 5.92 Å². The minimum Gasteiger partial charge on any atom is -0.390 e. The van der Waals surface area contributed by atoms with E-state index < -0.39 is 33.0 Å². The van der Waals surface area contributed by atoms with Crippen LogP contribution in [0.4, 0.5) is 5.69 Å². The Morgan fingerprint density at radius 3 is 2.30 bits per heavy atom. The van der Waals surface area contributed by atoms with Crippen molar-refractivity contribution in [1.29, 1.82) is 0 Å². The lowest BCUT2D eigenvalue weighted by atomic mass is 10.0. The highest BCUT2D eigenvalue weighted by molar-refractivity contribution is 7.89. The second kappa shape index (κ2) is 17.1. The van der Waals surface area contributed by atoms with Gasteiger partial charge in [-0.2, -0.15) is 4.31 Å². The molecule has 0 saturated carbocycles. The van der Waals surface area contributed by atoms with Gasteiger partial charge in [-0.1, -0.05) is 44.2 Å². The number of carbonyl (C=O) groups is 2. The number of hydrogen-bond donors (Lipinski definition) is 2. The molecule has 0 bridgehead atoms. The van der Waals surface area contributed by atoms with E-state index in [1.165, 1.54) is 12.1 Å². The van der Waals surface area contributed by atoms with Gasteiger partial charge in [0.15, 0.2) is 0 Å². The molecule has 2 aromatic carbocycles. The molecule has 2 aromatic rings. The van der Waals surface area contributed by atoms with Crippen molar-refractivity contribution in [2.45, 2.75) is 49.8 Å². The summed E-state index contributed by atoms with van der Waals surface area (Å²) in [4.78, 5) is 40.6. The molecule has 2 aliphatic heterocycles. The van der Waals surface area contributed by atoms with Crippen LogP contribution in [0.15, 0.2) is 59.5 Å². The highest BCUT2D eigenvalue weighted by Gasteiger charge is 2.33. The van der Waals surface area contributed by atoms with Gasteiger partial charge in [0.05, 0.1) is 54.9 Å². The first-order chi connectivity index (χ1) is 22.4. The number of ether oxygens (including phenoxy) is 2. The number of non-ortho nitro benzene ring substituents is 1. The van der Waals surface area contributed by atoms with Gasteiger partial charge in [-0.3, -0.25) is 24.6 Å². The smallest absolute Gasteiger partial charge is 0.269 e. The molecule has 0 aliphatic carbocycles. The van der Waals surface area contributed by atoms with Crippen LogP contribution in [0.1, 0.15) is 25.8 Å². The molecular weight excluding hydrogens is 630 g/mol. The summed E-state index contributed by atoms with van der Waals surface area (Å²) in [6, 6.07) is 12.8. The lowest BCUT2D eigenvalue weighted by Crippen LogP contribution is -2.55. The molecule has 2 N–H and O–H groups in total. The Labute approximate surface area is 275 Å². The number of benzene rings is 2. The number of nitro benzene ring substituents is 1. The van der Waals surface area contributed by atoms with Crippen molar-refractivity contribution in [2.75, 3.05) is 65.7 Å². The predicted molar refractivity (Wildman–Crippen MR) is 173 cm³/mol. The van der Waals surface area contributed by atoms with E-state index in [1.54, 1.807) is 9.80 Å². The van der Waals surface area contributed by atoms with Gasteiger partial charge in [0.2, 0.25) is 21.8 Å². The monoisotopic (exact) mass is 675 g/mol. The van der Waals surface area contributed by atoms with Gasteiger partial charge in [-0.05, 0) is 36.5 Å². The van der Waals surface area contributed by atoms with Crippen molar-refractivity contribution in [1.82, 2.24) is 19.4 Å². The Hall–Kier alpha value is -3.47. The Balaban J connectivity index is 1.52. The Morgan fingerprint density at radius 2 is 1.70 bits per heavy atom. The first kappa shape index (κ1) is 36.4. The van der Waals surface area contributed by atoms with Crippen LogP contribution >= 0.6 is 0 Å². The van der Waals surface area contributed by atoms with Crippen molar-refractivity contribution in [3.05, 3.63) is 70.3 Å². The Bertz CT molecular complexity index is 1430. The van der Waals surface area contributed by atoms with Crippen LogP contribution in [-0.2, 0) is 35.5 Å². The number of carbonyl (C=O) groups excluding carboxylic acids is 2. The number of hydrogen-bond acceptors (Lipinski definition) is 10. The summed E-state index contributed by atoms with van der Waals surface area (Å²) < 4.78 is 39.5. The fourth-order valence-electron chi connectivity index (χ4n) is 5.70. The van der Waals surface area contributed by atoms with Crippen molar-refractivity contribution in [3.63, 3.8) is 0 Å². The van der Waals surface area contributed by atoms with Gasteiger partial charge >= 0.3 is 0 Å². The van der Waals surface area contributed by atoms with Gasteiger partial charge in [0.1, 0.15) is 0 Å². The molecule has 3 atom stereocenters. The molecule has 2 fully saturated rings. The maximum absolute atomic E-state index is 13.7. The number of nitrogens with zero attached hydrogens (tertiary/aromatic N) is 4. The number of rotatable bonds is 16. The summed E-state index contributed by atoms with van der Waals surface area (Å²) in [5.74, 6) is -0.627. The van der Waals surface area contributed by atoms with Crippen LogP contribution in [0.3, 0.4) is 0 Å².